The van der Waals surface area contributed by atoms with E-state index in [1.54, 1.807) is 6.08 Å². The number of unbranched alkanes of at least 4 members (excludes halogenated alkanes) is 25. The average Bonchev–Trinajstić information content (AvgIpc) is 3.21. The second-order valence-electron chi connectivity index (χ2n) is 16.5. The van der Waals surface area contributed by atoms with Crippen LogP contribution in [0.1, 0.15) is 206 Å². The smallest absolute Gasteiger partial charge is 0.220 e. The van der Waals surface area contributed by atoms with Gasteiger partial charge in [-0.2, -0.15) is 0 Å². The van der Waals surface area contributed by atoms with Gasteiger partial charge in [-0.3, -0.25) is 4.79 Å². The van der Waals surface area contributed by atoms with E-state index in [1.165, 1.54) is 148 Å². The molecule has 334 valence electrons. The number of hydrogen-bond donors (Lipinski definition) is 6. The molecule has 1 heterocycles. The van der Waals surface area contributed by atoms with Crippen LogP contribution in [0.5, 0.6) is 0 Å². The van der Waals surface area contributed by atoms with Crippen LogP contribution in [0.15, 0.2) is 36.5 Å². The van der Waals surface area contributed by atoms with Crippen molar-refractivity contribution in [3.05, 3.63) is 36.5 Å². The fourth-order valence-corrected chi connectivity index (χ4v) is 7.35. The summed E-state index contributed by atoms with van der Waals surface area (Å²) in [6, 6.07) is -0.833. The highest BCUT2D eigenvalue weighted by molar-refractivity contribution is 5.76. The number of allylic oxidation sites excluding steroid dienone is 5. The third kappa shape index (κ3) is 29.3. The normalized spacial score (nSPS) is 21.3. The van der Waals surface area contributed by atoms with Gasteiger partial charge in [0, 0.05) is 6.42 Å². The number of nitrogens with one attached hydrogen (secondary N) is 1. The molecule has 0 spiro atoms. The number of aliphatic hydroxyl groups is 5. The number of rotatable bonds is 39. The standard InChI is InChI=1S/C48H89NO8/c1-3-5-7-9-11-13-14-15-16-17-18-19-20-21-22-23-24-25-26-27-28-30-31-33-35-37-42(51)41(40-56-48-47(55)46(54)45(53)43(39-50)57-48)49-44(52)38-36-34-32-29-12-10-8-6-4-2/h28-30,32,35,37,41-43,45-48,50-51,53-55H,3-27,31,33-34,36,38-40H2,1-2H3,(H,49,52)/b30-28+,32-29-,37-35+. The first kappa shape index (κ1) is 53.4. The maximum absolute atomic E-state index is 12.8. The zero-order valence-corrected chi connectivity index (χ0v) is 36.6. The molecule has 0 saturated carbocycles. The SMILES string of the molecule is CCCCCC/C=C\CCCC(=O)NC(COC1OC(CO)C(O)C(O)C1O)C(O)/C=C/CC/C=C/CCCCCCCCCCCCCCCCCCCCC. The van der Waals surface area contributed by atoms with Gasteiger partial charge < -0.3 is 40.3 Å². The van der Waals surface area contributed by atoms with E-state index in [0.29, 0.717) is 6.42 Å². The monoisotopic (exact) mass is 808 g/mol. The zero-order chi connectivity index (χ0) is 41.6. The Balaban J connectivity index is 2.27. The molecule has 7 unspecified atom stereocenters. The van der Waals surface area contributed by atoms with Crippen LogP contribution >= 0.6 is 0 Å². The van der Waals surface area contributed by atoms with Crippen molar-refractivity contribution in [2.75, 3.05) is 13.2 Å². The van der Waals surface area contributed by atoms with Gasteiger partial charge in [-0.1, -0.05) is 185 Å². The highest BCUT2D eigenvalue weighted by Gasteiger charge is 2.44. The van der Waals surface area contributed by atoms with Gasteiger partial charge in [0.1, 0.15) is 24.4 Å². The molecule has 0 radical (unpaired) electrons. The van der Waals surface area contributed by atoms with Gasteiger partial charge in [-0.15, -0.1) is 0 Å². The maximum Gasteiger partial charge on any atom is 0.220 e. The van der Waals surface area contributed by atoms with Crippen molar-refractivity contribution in [1.82, 2.24) is 5.32 Å². The number of carbonyl (C=O) groups is 1. The highest BCUT2D eigenvalue weighted by atomic mass is 16.7. The van der Waals surface area contributed by atoms with E-state index in [1.807, 2.05) is 6.08 Å². The molecule has 0 aromatic rings. The molecule has 1 saturated heterocycles. The molecule has 1 aliphatic heterocycles. The van der Waals surface area contributed by atoms with Crippen molar-refractivity contribution in [2.24, 2.45) is 0 Å². The van der Waals surface area contributed by atoms with Crippen LogP contribution in [0.25, 0.3) is 0 Å². The van der Waals surface area contributed by atoms with Gasteiger partial charge >= 0.3 is 0 Å². The highest BCUT2D eigenvalue weighted by Crippen LogP contribution is 2.22. The number of hydrogen-bond acceptors (Lipinski definition) is 8. The second-order valence-corrected chi connectivity index (χ2v) is 16.5. The number of carbonyl (C=O) groups excluding carboxylic acids is 1. The lowest BCUT2D eigenvalue weighted by molar-refractivity contribution is -0.302. The van der Waals surface area contributed by atoms with Crippen molar-refractivity contribution in [3.63, 3.8) is 0 Å². The Labute approximate surface area is 349 Å². The zero-order valence-electron chi connectivity index (χ0n) is 36.6. The van der Waals surface area contributed by atoms with Crippen molar-refractivity contribution in [3.8, 4) is 0 Å². The lowest BCUT2D eigenvalue weighted by Crippen LogP contribution is -2.60. The Morgan fingerprint density at radius 2 is 1.00 bits per heavy atom. The van der Waals surface area contributed by atoms with Gasteiger partial charge in [0.25, 0.3) is 0 Å². The molecule has 1 amide bonds. The molecule has 9 heteroatoms. The summed E-state index contributed by atoms with van der Waals surface area (Å²) in [6.07, 6.45) is 40.9. The van der Waals surface area contributed by atoms with Crippen LogP contribution in [-0.2, 0) is 14.3 Å². The number of amides is 1. The fraction of sp³-hybridized carbons (Fsp3) is 0.854. The Morgan fingerprint density at radius 1 is 0.579 bits per heavy atom. The Kier molecular flexibility index (Phi) is 36.2. The van der Waals surface area contributed by atoms with Gasteiger partial charge in [0.15, 0.2) is 6.29 Å². The summed E-state index contributed by atoms with van der Waals surface area (Å²) in [6.45, 7) is 3.70. The molecule has 6 N–H and O–H groups in total. The molecule has 1 rings (SSSR count). The van der Waals surface area contributed by atoms with Crippen LogP contribution in [0.2, 0.25) is 0 Å². The summed E-state index contributed by atoms with van der Waals surface area (Å²) >= 11 is 0. The van der Waals surface area contributed by atoms with E-state index < -0.39 is 49.5 Å². The Bertz CT molecular complexity index is 987. The lowest BCUT2D eigenvalue weighted by atomic mass is 9.99. The largest absolute Gasteiger partial charge is 0.394 e. The van der Waals surface area contributed by atoms with Gasteiger partial charge in [0.05, 0.1) is 25.4 Å². The van der Waals surface area contributed by atoms with Crippen LogP contribution in [0.3, 0.4) is 0 Å². The van der Waals surface area contributed by atoms with Crippen molar-refractivity contribution < 1.29 is 39.8 Å². The van der Waals surface area contributed by atoms with E-state index in [9.17, 15) is 30.3 Å². The van der Waals surface area contributed by atoms with Crippen LogP contribution in [0.4, 0.5) is 0 Å². The molecular weight excluding hydrogens is 719 g/mol. The first-order valence-electron chi connectivity index (χ1n) is 23.7. The molecule has 9 nitrogen and oxygen atoms in total. The molecule has 7 atom stereocenters. The first-order chi connectivity index (χ1) is 27.8. The minimum atomic E-state index is -1.57. The predicted molar refractivity (Wildman–Crippen MR) is 235 cm³/mol. The van der Waals surface area contributed by atoms with Crippen LogP contribution < -0.4 is 5.32 Å². The van der Waals surface area contributed by atoms with Crippen LogP contribution in [-0.4, -0.2) is 87.5 Å². The summed E-state index contributed by atoms with van der Waals surface area (Å²) < 4.78 is 11.2. The summed E-state index contributed by atoms with van der Waals surface area (Å²) in [7, 11) is 0. The number of aliphatic hydroxyl groups excluding tert-OH is 5. The molecule has 1 fully saturated rings. The minimum absolute atomic E-state index is 0.211. The van der Waals surface area contributed by atoms with Crippen LogP contribution in [0, 0.1) is 0 Å². The average molecular weight is 808 g/mol. The molecular formula is C48H89NO8. The van der Waals surface area contributed by atoms with Crippen molar-refractivity contribution in [2.45, 2.75) is 249 Å². The summed E-state index contributed by atoms with van der Waals surface area (Å²) in [5.74, 6) is -0.223. The third-order valence-electron chi connectivity index (χ3n) is 11.2. The maximum atomic E-state index is 12.8. The molecule has 0 aromatic carbocycles. The third-order valence-corrected chi connectivity index (χ3v) is 11.2. The summed E-state index contributed by atoms with van der Waals surface area (Å²) in [4.78, 5) is 12.8. The van der Waals surface area contributed by atoms with E-state index >= 15 is 0 Å². The Morgan fingerprint density at radius 3 is 1.49 bits per heavy atom. The summed E-state index contributed by atoms with van der Waals surface area (Å²) in [5.41, 5.74) is 0. The lowest BCUT2D eigenvalue weighted by Gasteiger charge is -2.40. The summed E-state index contributed by atoms with van der Waals surface area (Å²) in [5, 5.41) is 54.0. The quantitative estimate of drug-likeness (QED) is 0.0266. The fourth-order valence-electron chi connectivity index (χ4n) is 7.35. The van der Waals surface area contributed by atoms with Gasteiger partial charge in [-0.05, 0) is 51.4 Å². The Hall–Kier alpha value is -1.59. The minimum Gasteiger partial charge on any atom is -0.394 e. The topological polar surface area (TPSA) is 149 Å². The van der Waals surface area contributed by atoms with E-state index in [2.05, 4.69) is 43.5 Å². The van der Waals surface area contributed by atoms with Gasteiger partial charge in [-0.25, -0.2) is 0 Å². The predicted octanol–water partition coefficient (Wildman–Crippen LogP) is 10.1. The van der Waals surface area contributed by atoms with Crippen molar-refractivity contribution in [1.29, 1.82) is 0 Å². The molecule has 0 aromatic heterocycles. The molecule has 0 bridgehead atoms. The van der Waals surface area contributed by atoms with Gasteiger partial charge in [0.2, 0.25) is 5.91 Å². The van der Waals surface area contributed by atoms with E-state index in [-0.39, 0.29) is 18.9 Å². The molecule has 1 aliphatic rings. The molecule has 0 aliphatic carbocycles. The second kappa shape index (κ2) is 38.6. The van der Waals surface area contributed by atoms with Crippen molar-refractivity contribution >= 4 is 5.91 Å². The van der Waals surface area contributed by atoms with E-state index in [4.69, 9.17) is 9.47 Å². The number of ether oxygens (including phenoxy) is 2. The molecule has 57 heavy (non-hydrogen) atoms. The van der Waals surface area contributed by atoms with E-state index in [0.717, 1.165) is 32.1 Å². The first-order valence-corrected chi connectivity index (χ1v) is 23.7.